The van der Waals surface area contributed by atoms with E-state index in [4.69, 9.17) is 22.3 Å². The number of nitrogen functional groups attached to an aromatic ring is 1. The van der Waals surface area contributed by atoms with E-state index in [1.807, 2.05) is 37.3 Å². The van der Waals surface area contributed by atoms with Gasteiger partial charge >= 0.3 is 0 Å². The second-order valence-corrected chi connectivity index (χ2v) is 11.0. The molecule has 10 nitrogen and oxygen atoms in total. The Hall–Kier alpha value is -4.35. The lowest BCUT2D eigenvalue weighted by atomic mass is 10.1. The fraction of sp³-hybridized carbons (Fsp3) is 0.115. The Labute approximate surface area is 223 Å². The molecular weight excluding hydrogens is 526 g/mol. The summed E-state index contributed by atoms with van der Waals surface area (Å²) < 4.78 is 25.2. The zero-order valence-electron chi connectivity index (χ0n) is 20.3. The van der Waals surface area contributed by atoms with E-state index < -0.39 is 15.9 Å². The zero-order valence-corrected chi connectivity index (χ0v) is 21.9. The number of pyridine rings is 1. The van der Waals surface area contributed by atoms with Gasteiger partial charge in [-0.1, -0.05) is 35.9 Å². The van der Waals surface area contributed by atoms with Gasteiger partial charge in [-0.3, -0.25) is 9.36 Å². The monoisotopic (exact) mass is 547 g/mol. The molecule has 0 saturated carbocycles. The number of hydrogen-bond acceptors (Lipinski definition) is 9. The third-order valence-electron chi connectivity index (χ3n) is 5.86. The van der Waals surface area contributed by atoms with Gasteiger partial charge in [-0.15, -0.1) is 0 Å². The molecule has 2 aromatic carbocycles. The topological polar surface area (TPSA) is 146 Å². The van der Waals surface area contributed by atoms with E-state index in [0.717, 1.165) is 6.26 Å². The van der Waals surface area contributed by atoms with E-state index in [2.05, 4.69) is 20.3 Å². The molecule has 38 heavy (non-hydrogen) atoms. The Kier molecular flexibility index (Phi) is 6.55. The summed E-state index contributed by atoms with van der Waals surface area (Å²) in [6.45, 7) is 1.84. The van der Waals surface area contributed by atoms with Crippen LogP contribution in [-0.4, -0.2) is 39.2 Å². The Morgan fingerprint density at radius 2 is 1.74 bits per heavy atom. The summed E-state index contributed by atoms with van der Waals surface area (Å²) in [6.07, 6.45) is 4.04. The van der Waals surface area contributed by atoms with Crippen molar-refractivity contribution in [3.63, 3.8) is 0 Å². The van der Waals surface area contributed by atoms with Crippen LogP contribution in [0.5, 0.6) is 0 Å². The lowest BCUT2D eigenvalue weighted by molar-refractivity contribution is 0.598. The number of para-hydroxylation sites is 1. The van der Waals surface area contributed by atoms with Crippen LogP contribution in [0, 0.1) is 0 Å². The molecule has 0 fully saturated rings. The molecular formula is C26H22ClN7O3S. The van der Waals surface area contributed by atoms with E-state index in [0.29, 0.717) is 44.4 Å². The minimum Gasteiger partial charge on any atom is -0.368 e. The molecule has 1 atom stereocenters. The van der Waals surface area contributed by atoms with Gasteiger partial charge in [0.05, 0.1) is 27.7 Å². The van der Waals surface area contributed by atoms with Crippen LogP contribution in [0.3, 0.4) is 0 Å². The number of sulfone groups is 1. The zero-order chi connectivity index (χ0) is 27.0. The second-order valence-electron chi connectivity index (χ2n) is 8.59. The van der Waals surface area contributed by atoms with Crippen LogP contribution in [0.25, 0.3) is 27.7 Å². The number of aromatic nitrogens is 5. The molecule has 5 aromatic rings. The fourth-order valence-electron chi connectivity index (χ4n) is 4.07. The smallest absolute Gasteiger partial charge is 0.267 e. The molecule has 0 amide bonds. The second kappa shape index (κ2) is 9.84. The van der Waals surface area contributed by atoms with E-state index in [-0.39, 0.29) is 16.5 Å². The first-order valence-corrected chi connectivity index (χ1v) is 13.7. The lowest BCUT2D eigenvalue weighted by Crippen LogP contribution is -2.27. The molecule has 0 unspecified atom stereocenters. The first kappa shape index (κ1) is 25.3. The van der Waals surface area contributed by atoms with Gasteiger partial charge in [0, 0.05) is 29.8 Å². The van der Waals surface area contributed by atoms with Crippen molar-refractivity contribution in [1.29, 1.82) is 0 Å². The predicted molar refractivity (Wildman–Crippen MR) is 147 cm³/mol. The van der Waals surface area contributed by atoms with Crippen LogP contribution < -0.4 is 16.6 Å². The number of benzene rings is 2. The van der Waals surface area contributed by atoms with Crippen molar-refractivity contribution in [3.05, 3.63) is 94.3 Å². The van der Waals surface area contributed by atoms with E-state index in [9.17, 15) is 13.2 Å². The number of nitrogens with zero attached hydrogens (tertiary/aromatic N) is 5. The van der Waals surface area contributed by atoms with E-state index in [1.165, 1.54) is 23.0 Å². The summed E-state index contributed by atoms with van der Waals surface area (Å²) in [5.41, 5.74) is 7.78. The molecule has 0 spiro atoms. The molecule has 3 aromatic heterocycles. The number of halogens is 1. The number of nitrogens with two attached hydrogens (primary N) is 1. The van der Waals surface area contributed by atoms with Crippen LogP contribution in [0.1, 0.15) is 18.8 Å². The molecule has 0 bridgehead atoms. The standard InChI is InChI=1S/C26H22ClN7O3S/c1-15(31-23-18(14-30-26(28)33-23)16-11-12-21(29-13-16)38(2,36)37)24-32-20-10-6-9-19(27)22(20)25(35)34(24)17-7-4-3-5-8-17/h3-15H,1-2H3,(H3,28,30,31,33)/t15-/m1/s1. The lowest BCUT2D eigenvalue weighted by Gasteiger charge is -2.21. The van der Waals surface area contributed by atoms with Crippen LogP contribution in [0.2, 0.25) is 5.02 Å². The van der Waals surface area contributed by atoms with Crippen molar-refractivity contribution in [2.45, 2.75) is 18.0 Å². The summed E-state index contributed by atoms with van der Waals surface area (Å²) >= 11 is 6.39. The third kappa shape index (κ3) is 4.81. The third-order valence-corrected chi connectivity index (χ3v) is 7.18. The Morgan fingerprint density at radius 3 is 2.42 bits per heavy atom. The van der Waals surface area contributed by atoms with Crippen molar-refractivity contribution in [3.8, 4) is 16.8 Å². The molecule has 3 heterocycles. The molecule has 3 N–H and O–H groups in total. The highest BCUT2D eigenvalue weighted by Gasteiger charge is 2.21. The SMILES string of the molecule is C[C@@H](Nc1nc(N)ncc1-c1ccc(S(C)(=O)=O)nc1)c1nc2cccc(Cl)c2c(=O)n1-c1ccccc1. The van der Waals surface area contributed by atoms with Gasteiger partial charge in [0.15, 0.2) is 14.9 Å². The molecule has 0 radical (unpaired) electrons. The summed E-state index contributed by atoms with van der Waals surface area (Å²) in [6, 6.07) is 16.8. The van der Waals surface area contributed by atoms with Crippen LogP contribution >= 0.6 is 11.6 Å². The molecule has 12 heteroatoms. The summed E-state index contributed by atoms with van der Waals surface area (Å²) in [5.74, 6) is 0.812. The molecule has 0 aliphatic rings. The predicted octanol–water partition coefficient (Wildman–Crippen LogP) is 4.05. The van der Waals surface area contributed by atoms with Gasteiger partial charge in [-0.2, -0.15) is 4.98 Å². The quantitative estimate of drug-likeness (QED) is 0.321. The highest BCUT2D eigenvalue weighted by Crippen LogP contribution is 2.30. The van der Waals surface area contributed by atoms with E-state index >= 15 is 0 Å². The first-order chi connectivity index (χ1) is 18.1. The minimum absolute atomic E-state index is 0.0304. The molecule has 5 rings (SSSR count). The maximum atomic E-state index is 13.7. The Bertz CT molecular complexity index is 1830. The van der Waals surface area contributed by atoms with Crippen molar-refractivity contribution >= 4 is 44.1 Å². The van der Waals surface area contributed by atoms with E-state index in [1.54, 1.807) is 24.3 Å². The van der Waals surface area contributed by atoms with Crippen LogP contribution in [0.15, 0.2) is 82.9 Å². The highest BCUT2D eigenvalue weighted by atomic mass is 35.5. The largest absolute Gasteiger partial charge is 0.368 e. The van der Waals surface area contributed by atoms with Crippen molar-refractivity contribution in [2.24, 2.45) is 0 Å². The van der Waals surface area contributed by atoms with Crippen molar-refractivity contribution in [2.75, 3.05) is 17.3 Å². The number of fused-ring (bicyclic) bond motifs is 1. The summed E-state index contributed by atoms with van der Waals surface area (Å²) in [5, 5.41) is 3.88. The first-order valence-electron chi connectivity index (χ1n) is 11.5. The summed E-state index contributed by atoms with van der Waals surface area (Å²) in [7, 11) is -3.46. The average molecular weight is 548 g/mol. The fourth-order valence-corrected chi connectivity index (χ4v) is 4.88. The van der Waals surface area contributed by atoms with Crippen LogP contribution in [0.4, 0.5) is 11.8 Å². The van der Waals surface area contributed by atoms with Gasteiger partial charge in [0.2, 0.25) is 5.95 Å². The normalized spacial score (nSPS) is 12.4. The molecule has 0 saturated heterocycles. The molecule has 0 aliphatic heterocycles. The highest BCUT2D eigenvalue weighted by molar-refractivity contribution is 7.90. The Balaban J connectivity index is 1.63. The Morgan fingerprint density at radius 1 is 0.974 bits per heavy atom. The van der Waals surface area contributed by atoms with Gasteiger partial charge in [-0.05, 0) is 43.3 Å². The van der Waals surface area contributed by atoms with Gasteiger partial charge < -0.3 is 11.1 Å². The number of anilines is 2. The maximum absolute atomic E-state index is 13.7. The maximum Gasteiger partial charge on any atom is 0.267 e. The number of rotatable bonds is 6. The number of hydrogen-bond donors (Lipinski definition) is 2. The van der Waals surface area contributed by atoms with Gasteiger partial charge in [-0.25, -0.2) is 23.4 Å². The average Bonchev–Trinajstić information content (AvgIpc) is 2.88. The summed E-state index contributed by atoms with van der Waals surface area (Å²) in [4.78, 5) is 31.0. The van der Waals surface area contributed by atoms with Crippen molar-refractivity contribution in [1.82, 2.24) is 24.5 Å². The van der Waals surface area contributed by atoms with Gasteiger partial charge in [0.1, 0.15) is 11.6 Å². The minimum atomic E-state index is -3.46. The van der Waals surface area contributed by atoms with Gasteiger partial charge in [0.25, 0.3) is 5.56 Å². The van der Waals surface area contributed by atoms with Crippen LogP contribution in [-0.2, 0) is 9.84 Å². The molecule has 192 valence electrons. The van der Waals surface area contributed by atoms with Crippen molar-refractivity contribution < 1.29 is 8.42 Å². The molecule has 0 aliphatic carbocycles. The number of nitrogens with one attached hydrogen (secondary N) is 1.